The van der Waals surface area contributed by atoms with Crippen molar-refractivity contribution in [2.24, 2.45) is 0 Å². The third kappa shape index (κ3) is 1.92. The lowest BCUT2D eigenvalue weighted by atomic mass is 10.1. The topological polar surface area (TPSA) is 69.9 Å². The van der Waals surface area contributed by atoms with Gasteiger partial charge >= 0.3 is 0 Å². The molecule has 4 nitrogen and oxygen atoms in total. The molecule has 1 heterocycles. The molecule has 4 N–H and O–H groups in total. The molecule has 1 aromatic heterocycles. The van der Waals surface area contributed by atoms with Crippen LogP contribution in [0.25, 0.3) is 11.3 Å². The number of hydrogen-bond donors (Lipinski definition) is 2. The Morgan fingerprint density at radius 1 is 1.27 bits per heavy atom. The highest BCUT2D eigenvalue weighted by Gasteiger charge is 2.06. The van der Waals surface area contributed by atoms with Gasteiger partial charge in [0.15, 0.2) is 5.16 Å². The van der Waals surface area contributed by atoms with E-state index in [4.69, 9.17) is 11.6 Å². The number of hydrogen-bond acceptors (Lipinski definition) is 4. The average molecular weight is 220 g/mol. The van der Waals surface area contributed by atoms with Crippen molar-refractivity contribution < 1.29 is 0 Å². The van der Waals surface area contributed by atoms with Gasteiger partial charge in [0.25, 0.3) is 0 Å². The molecule has 0 bridgehead atoms. The van der Waals surface area contributed by atoms with E-state index >= 15 is 0 Å². The molecular weight excluding hydrogens is 208 g/mol. The summed E-state index contributed by atoms with van der Waals surface area (Å²) in [5.41, 5.74) is 8.24. The molecule has 0 fully saturated rings. The summed E-state index contributed by atoms with van der Waals surface area (Å²) in [7, 11) is 0. The normalized spacial score (nSPS) is 10.5. The number of aromatic nitrogens is 2. The number of rotatable bonds is 2. The van der Waals surface area contributed by atoms with Crippen LogP contribution in [0.1, 0.15) is 0 Å². The zero-order valence-electron chi connectivity index (χ0n) is 8.34. The van der Waals surface area contributed by atoms with Crippen LogP contribution in [0.15, 0.2) is 35.6 Å². The predicted octanol–water partition coefficient (Wildman–Crippen LogP) is 1.57. The Morgan fingerprint density at radius 2 is 1.93 bits per heavy atom. The number of nitrogen functional groups attached to an aromatic ring is 2. The Bertz CT molecular complexity index is 461. The summed E-state index contributed by atoms with van der Waals surface area (Å²) >= 11 is 1.52. The molecule has 0 unspecified atom stereocenters. The lowest BCUT2D eigenvalue weighted by Crippen LogP contribution is -2.06. The van der Waals surface area contributed by atoms with E-state index in [1.54, 1.807) is 6.20 Å². The third-order valence-corrected chi connectivity index (χ3v) is 2.75. The molecule has 78 valence electrons. The van der Waals surface area contributed by atoms with E-state index in [9.17, 15) is 0 Å². The molecule has 0 spiro atoms. The Hall–Kier alpha value is -1.62. The van der Waals surface area contributed by atoms with Gasteiger partial charge < -0.3 is 11.6 Å². The standard InChI is InChI=1S/C10H12N4S/c1-15-10-13-9(6-14(10)12)7-2-4-8(11)5-3-7/h2-6H,11-12H2,1H3. The van der Waals surface area contributed by atoms with E-state index in [1.807, 2.05) is 30.5 Å². The first-order valence-corrected chi connectivity index (χ1v) is 5.67. The smallest absolute Gasteiger partial charge is 0.186 e. The minimum Gasteiger partial charge on any atom is -0.399 e. The highest BCUT2D eigenvalue weighted by atomic mass is 32.2. The summed E-state index contributed by atoms with van der Waals surface area (Å²) in [4.78, 5) is 4.39. The van der Waals surface area contributed by atoms with Crippen LogP contribution in [0.5, 0.6) is 0 Å². The Morgan fingerprint density at radius 3 is 2.47 bits per heavy atom. The van der Waals surface area contributed by atoms with Gasteiger partial charge in [-0.15, -0.1) is 0 Å². The van der Waals surface area contributed by atoms with Gasteiger partial charge in [-0.25, -0.2) is 9.66 Å². The molecule has 0 amide bonds. The van der Waals surface area contributed by atoms with Crippen molar-refractivity contribution in [2.45, 2.75) is 5.16 Å². The molecule has 0 atom stereocenters. The zero-order valence-corrected chi connectivity index (χ0v) is 9.16. The average Bonchev–Trinajstić information content (AvgIpc) is 2.61. The molecule has 15 heavy (non-hydrogen) atoms. The van der Waals surface area contributed by atoms with Gasteiger partial charge in [-0.1, -0.05) is 23.9 Å². The number of benzene rings is 1. The van der Waals surface area contributed by atoms with Crippen molar-refractivity contribution in [2.75, 3.05) is 17.8 Å². The fraction of sp³-hybridized carbons (Fsp3) is 0.100. The third-order valence-electron chi connectivity index (χ3n) is 2.09. The van der Waals surface area contributed by atoms with Crippen molar-refractivity contribution in [3.63, 3.8) is 0 Å². The minimum atomic E-state index is 0.746. The van der Waals surface area contributed by atoms with Crippen LogP contribution >= 0.6 is 11.8 Å². The Labute approximate surface area is 92.3 Å². The summed E-state index contributed by atoms with van der Waals surface area (Å²) in [6, 6.07) is 7.57. The summed E-state index contributed by atoms with van der Waals surface area (Å²) in [6.45, 7) is 0. The van der Waals surface area contributed by atoms with Crippen molar-refractivity contribution in [3.8, 4) is 11.3 Å². The second-order valence-corrected chi connectivity index (χ2v) is 3.92. The van der Waals surface area contributed by atoms with Crippen LogP contribution in [-0.2, 0) is 0 Å². The molecule has 0 aliphatic heterocycles. The lowest BCUT2D eigenvalue weighted by Gasteiger charge is -1.96. The van der Waals surface area contributed by atoms with Gasteiger partial charge in [0.1, 0.15) is 0 Å². The van der Waals surface area contributed by atoms with Crippen LogP contribution in [0.3, 0.4) is 0 Å². The fourth-order valence-electron chi connectivity index (χ4n) is 1.32. The maximum atomic E-state index is 5.73. The number of thioether (sulfide) groups is 1. The van der Waals surface area contributed by atoms with Crippen molar-refractivity contribution in [1.82, 2.24) is 9.66 Å². The Balaban J connectivity index is 2.41. The summed E-state index contributed by atoms with van der Waals surface area (Å²) in [6.07, 6.45) is 3.75. The summed E-state index contributed by atoms with van der Waals surface area (Å²) in [5, 5.41) is 0.793. The van der Waals surface area contributed by atoms with Crippen molar-refractivity contribution >= 4 is 17.4 Å². The molecule has 0 aliphatic carbocycles. The number of nitrogens with zero attached hydrogens (tertiary/aromatic N) is 2. The molecule has 0 saturated heterocycles. The maximum absolute atomic E-state index is 5.73. The number of anilines is 1. The van der Waals surface area contributed by atoms with Gasteiger partial charge in [-0.05, 0) is 18.4 Å². The molecule has 2 rings (SSSR count). The van der Waals surface area contributed by atoms with Crippen molar-refractivity contribution in [1.29, 1.82) is 0 Å². The van der Waals surface area contributed by atoms with Crippen LogP contribution in [0, 0.1) is 0 Å². The first kappa shape index (κ1) is 9.92. The second-order valence-electron chi connectivity index (χ2n) is 3.14. The summed E-state index contributed by atoms with van der Waals surface area (Å²) in [5.74, 6) is 5.73. The van der Waals surface area contributed by atoms with Gasteiger partial charge in [0.2, 0.25) is 0 Å². The maximum Gasteiger partial charge on any atom is 0.186 e. The number of imidazole rings is 1. The van der Waals surface area contributed by atoms with Crippen LogP contribution in [0.2, 0.25) is 0 Å². The number of nitrogens with two attached hydrogens (primary N) is 2. The van der Waals surface area contributed by atoms with E-state index in [0.717, 1.165) is 22.1 Å². The fourth-order valence-corrected chi connectivity index (χ4v) is 1.77. The zero-order chi connectivity index (χ0) is 10.8. The highest BCUT2D eigenvalue weighted by molar-refractivity contribution is 7.98. The van der Waals surface area contributed by atoms with E-state index in [-0.39, 0.29) is 0 Å². The van der Waals surface area contributed by atoms with Gasteiger partial charge in [0, 0.05) is 11.3 Å². The van der Waals surface area contributed by atoms with Gasteiger partial charge in [-0.3, -0.25) is 0 Å². The van der Waals surface area contributed by atoms with Crippen LogP contribution < -0.4 is 11.6 Å². The van der Waals surface area contributed by atoms with E-state index in [0.29, 0.717) is 0 Å². The predicted molar refractivity (Wildman–Crippen MR) is 64.0 cm³/mol. The van der Waals surface area contributed by atoms with Crippen LogP contribution in [0.4, 0.5) is 5.69 Å². The molecule has 0 aliphatic rings. The minimum absolute atomic E-state index is 0.746. The monoisotopic (exact) mass is 220 g/mol. The van der Waals surface area contributed by atoms with E-state index in [1.165, 1.54) is 16.4 Å². The SMILES string of the molecule is CSc1nc(-c2ccc(N)cc2)cn1N. The van der Waals surface area contributed by atoms with Crippen LogP contribution in [-0.4, -0.2) is 15.9 Å². The van der Waals surface area contributed by atoms with E-state index < -0.39 is 0 Å². The quantitative estimate of drug-likeness (QED) is 0.458. The molecule has 5 heteroatoms. The molecule has 2 aromatic rings. The summed E-state index contributed by atoms with van der Waals surface area (Å²) < 4.78 is 1.52. The molecule has 0 radical (unpaired) electrons. The highest BCUT2D eigenvalue weighted by Crippen LogP contribution is 2.22. The molecular formula is C10H12N4S. The Kier molecular flexibility index (Phi) is 2.55. The first-order chi connectivity index (χ1) is 7.20. The second kappa shape index (κ2) is 3.86. The van der Waals surface area contributed by atoms with Gasteiger partial charge in [0.05, 0.1) is 11.9 Å². The lowest BCUT2D eigenvalue weighted by molar-refractivity contribution is 0.854. The van der Waals surface area contributed by atoms with Gasteiger partial charge in [-0.2, -0.15) is 0 Å². The van der Waals surface area contributed by atoms with E-state index in [2.05, 4.69) is 4.98 Å². The van der Waals surface area contributed by atoms with Crippen molar-refractivity contribution in [3.05, 3.63) is 30.5 Å². The largest absolute Gasteiger partial charge is 0.399 e. The first-order valence-electron chi connectivity index (χ1n) is 4.45. The molecule has 0 saturated carbocycles. The molecule has 1 aromatic carbocycles.